The van der Waals surface area contributed by atoms with Crippen LogP contribution < -0.4 is 24.8 Å². The van der Waals surface area contributed by atoms with E-state index in [1.54, 1.807) is 51.1 Å². The molecule has 0 saturated carbocycles. The predicted molar refractivity (Wildman–Crippen MR) is 330 cm³/mol. The summed E-state index contributed by atoms with van der Waals surface area (Å²) in [5, 5.41) is 7.44. The third-order valence-corrected chi connectivity index (χ3v) is 15.9. The van der Waals surface area contributed by atoms with Gasteiger partial charge in [0.05, 0.1) is 38.4 Å². The first-order valence-corrected chi connectivity index (χ1v) is 30.2. The lowest BCUT2D eigenvalue weighted by atomic mass is 9.87. The van der Waals surface area contributed by atoms with Gasteiger partial charge in [0.1, 0.15) is 42.6 Å². The van der Waals surface area contributed by atoms with Crippen LogP contribution in [0.2, 0.25) is 0 Å². The number of ketones is 1. The molecule has 1 fully saturated rings. The topological polar surface area (TPSA) is 246 Å². The third-order valence-electron chi connectivity index (χ3n) is 15.9. The van der Waals surface area contributed by atoms with E-state index in [1.807, 2.05) is 49.4 Å². The average Bonchev–Trinajstić information content (AvgIpc) is 1.93. The summed E-state index contributed by atoms with van der Waals surface area (Å²) in [5.74, 6) is -7.09. The number of fused-ring (bicyclic) bond motifs is 4. The molecular weight excluding hydrogens is 1150 g/mol. The summed E-state index contributed by atoms with van der Waals surface area (Å²) in [4.78, 5) is 133. The normalized spacial score (nSPS) is 21.5. The van der Waals surface area contributed by atoms with Crippen molar-refractivity contribution >= 4 is 63.9 Å². The van der Waals surface area contributed by atoms with Gasteiger partial charge >= 0.3 is 11.9 Å². The van der Waals surface area contributed by atoms with Crippen molar-refractivity contribution in [3.63, 3.8) is 0 Å². The number of unbranched alkanes of at least 4 members (excludes halogenated alkanes) is 1. The van der Waals surface area contributed by atoms with Crippen LogP contribution in [-0.4, -0.2) is 177 Å². The number of aryl methyl sites for hydroxylation is 1. The summed E-state index contributed by atoms with van der Waals surface area (Å²) < 4.78 is 50.5. The Balaban J connectivity index is 1.36. The van der Waals surface area contributed by atoms with Crippen molar-refractivity contribution in [2.24, 2.45) is 5.41 Å². The molecule has 21 nitrogen and oxygen atoms in total. The minimum atomic E-state index is -1.54. The number of carbonyl (C=O) groups excluding carboxylic acids is 9. The molecule has 6 amide bonds. The van der Waals surface area contributed by atoms with Crippen molar-refractivity contribution in [1.29, 1.82) is 0 Å². The van der Waals surface area contributed by atoms with E-state index >= 15 is 9.18 Å². The molecule has 2 aliphatic heterocycles. The molecule has 4 aromatic rings. The molecule has 89 heavy (non-hydrogen) atoms. The Morgan fingerprint density at radius 2 is 1.52 bits per heavy atom. The van der Waals surface area contributed by atoms with Gasteiger partial charge in [-0.1, -0.05) is 86.5 Å². The molecule has 2 bridgehead atoms. The lowest BCUT2D eigenvalue weighted by Gasteiger charge is -2.36. The zero-order chi connectivity index (χ0) is 65.2. The number of cyclic esters (lactones) is 2. The summed E-state index contributed by atoms with van der Waals surface area (Å²) in [6.45, 7) is 8.53. The van der Waals surface area contributed by atoms with Crippen LogP contribution in [0.25, 0.3) is 10.8 Å². The van der Waals surface area contributed by atoms with Gasteiger partial charge in [0.2, 0.25) is 29.4 Å². The van der Waals surface area contributed by atoms with Crippen LogP contribution in [0.3, 0.4) is 0 Å². The number of nitrogens with zero attached hydrogens (tertiary/aromatic N) is 4. The SMILES string of the molecule is CCCC[C@H]1C(=O)N[C@@H](Cc2ccc3ccccc3c2)C(=O)N(C)[C@@H](COC(C)(C)C)C(=O)NCC(=O)N(C)CCC=CC(=O)OCC(C)(C)C(=O)C(=O)N2CCCC[C@H]2C(=O)O[C@H](CCc2ccc(OC)c(OC)c2F)c2cccc(c2)OCC(=O)N1C. The number of Topliss-reactive ketones (excluding diaryl/α,β-unsaturated/α-hetero) is 1. The number of nitrogens with one attached hydrogen (secondary N) is 2. The Bertz CT molecular complexity index is 3220. The Hall–Kier alpha value is -8.40. The number of halogens is 1. The maximum Gasteiger partial charge on any atom is 0.330 e. The van der Waals surface area contributed by atoms with E-state index < -0.39 is 120 Å². The van der Waals surface area contributed by atoms with Gasteiger partial charge in [-0.3, -0.25) is 33.6 Å². The summed E-state index contributed by atoms with van der Waals surface area (Å²) in [7, 11) is 7.08. The molecule has 0 aromatic heterocycles. The van der Waals surface area contributed by atoms with Gasteiger partial charge in [-0.15, -0.1) is 0 Å². The molecule has 1 saturated heterocycles. The monoisotopic (exact) mass is 1230 g/mol. The van der Waals surface area contributed by atoms with E-state index in [-0.39, 0.29) is 81.0 Å². The molecule has 2 heterocycles. The van der Waals surface area contributed by atoms with Gasteiger partial charge in [0.25, 0.3) is 11.8 Å². The van der Waals surface area contributed by atoms with E-state index in [4.69, 9.17) is 28.4 Å². The fraction of sp³-hybridized carbons (Fsp3) is 0.507. The van der Waals surface area contributed by atoms with E-state index in [0.717, 1.165) is 16.8 Å². The first kappa shape index (κ1) is 69.7. The lowest BCUT2D eigenvalue weighted by molar-refractivity contribution is -0.165. The Morgan fingerprint density at radius 3 is 2.22 bits per heavy atom. The van der Waals surface area contributed by atoms with Crippen molar-refractivity contribution < 1.29 is 76.0 Å². The van der Waals surface area contributed by atoms with E-state index in [2.05, 4.69) is 10.6 Å². The number of hydrogen-bond acceptors (Lipinski definition) is 15. The number of methoxy groups -OCH3 is 2. The molecule has 22 heteroatoms. The van der Waals surface area contributed by atoms with Crippen LogP contribution in [0, 0.1) is 11.2 Å². The fourth-order valence-electron chi connectivity index (χ4n) is 10.4. The number of esters is 2. The zero-order valence-corrected chi connectivity index (χ0v) is 53.2. The van der Waals surface area contributed by atoms with Crippen molar-refractivity contribution in [2.75, 3.05) is 74.8 Å². The first-order chi connectivity index (χ1) is 42.3. The van der Waals surface area contributed by atoms with E-state index in [0.29, 0.717) is 36.8 Å². The second kappa shape index (κ2) is 32.2. The smallest absolute Gasteiger partial charge is 0.330 e. The number of benzene rings is 4. The van der Waals surface area contributed by atoms with Crippen molar-refractivity contribution in [3.05, 3.63) is 114 Å². The summed E-state index contributed by atoms with van der Waals surface area (Å²) in [6.07, 6.45) is 4.20. The van der Waals surface area contributed by atoms with Crippen LogP contribution in [0.1, 0.15) is 116 Å². The third kappa shape index (κ3) is 19.3. The molecule has 5 atom stereocenters. The highest BCUT2D eigenvalue weighted by molar-refractivity contribution is 6.38. The van der Waals surface area contributed by atoms with Gasteiger partial charge < -0.3 is 58.7 Å². The average molecular weight is 1240 g/mol. The number of piperidine rings is 1. The van der Waals surface area contributed by atoms with Gasteiger partial charge in [-0.25, -0.2) is 14.0 Å². The summed E-state index contributed by atoms with van der Waals surface area (Å²) in [5.41, 5.74) is -1.01. The molecule has 0 aliphatic carbocycles. The van der Waals surface area contributed by atoms with Crippen molar-refractivity contribution in [1.82, 2.24) is 30.2 Å². The van der Waals surface area contributed by atoms with Crippen LogP contribution in [-0.2, 0) is 70.2 Å². The lowest BCUT2D eigenvalue weighted by Crippen LogP contribution is -2.59. The number of amides is 6. The van der Waals surface area contributed by atoms with Crippen LogP contribution >= 0.6 is 0 Å². The van der Waals surface area contributed by atoms with Crippen LogP contribution in [0.15, 0.2) is 91.0 Å². The first-order valence-electron chi connectivity index (χ1n) is 30.2. The van der Waals surface area contributed by atoms with Gasteiger partial charge in [0.15, 0.2) is 23.9 Å². The maximum atomic E-state index is 16.0. The van der Waals surface area contributed by atoms with Gasteiger partial charge in [0, 0.05) is 46.7 Å². The largest absolute Gasteiger partial charge is 0.493 e. The minimum Gasteiger partial charge on any atom is -0.493 e. The van der Waals surface area contributed by atoms with Crippen molar-refractivity contribution in [3.8, 4) is 17.2 Å². The Morgan fingerprint density at radius 1 is 0.775 bits per heavy atom. The van der Waals surface area contributed by atoms with E-state index in [1.165, 1.54) is 81.0 Å². The molecule has 4 aromatic carbocycles. The Labute approximate surface area is 520 Å². The molecule has 0 radical (unpaired) electrons. The molecule has 0 spiro atoms. The number of rotatable bonds is 12. The van der Waals surface area contributed by atoms with Gasteiger partial charge in [-0.05, 0) is 125 Å². The molecule has 0 unspecified atom stereocenters. The number of carbonyl (C=O) groups is 9. The standard InChI is InChI=1S/C67H87FN6O15/c1-12-13-25-50-62(80)70-49(37-43-28-29-44-21-14-15-22-46(44)36-43)63(81)73(9)52(40-88-66(2,3)4)61(79)69-39-55(75)71(7)34-18-17-27-57(77)87-42-67(5,6)60(78)64(82)74-35-19-16-26-51(74)65(83)89-53(32-30-45-31-33-54(84-10)59(85-11)58(45)68)47-23-20-24-48(38-47)86-41-56(76)72(50)8/h14-15,17,20-24,27-29,31,33,36,38,49-53H,12-13,16,18-19,25-26,30,32,34-35,37,39-42H2,1-11H3,(H,69,79)(H,70,80)/t49-,50-,51-,52-,53+/m0/s1. The highest BCUT2D eigenvalue weighted by Crippen LogP contribution is 2.35. The predicted octanol–water partition coefficient (Wildman–Crippen LogP) is 7.03. The minimum absolute atomic E-state index is 0.00253. The maximum absolute atomic E-state index is 16.0. The molecule has 482 valence electrons. The number of hydrogen-bond donors (Lipinski definition) is 2. The molecule has 2 aliphatic rings. The molecule has 2 N–H and O–H groups in total. The Kier molecular flexibility index (Phi) is 25.2. The molecular formula is C67H87FN6O15. The number of likely N-dealkylation sites (N-methyl/N-ethyl adjacent to an activating group) is 3. The fourth-order valence-corrected chi connectivity index (χ4v) is 10.4. The van der Waals surface area contributed by atoms with Crippen LogP contribution in [0.4, 0.5) is 4.39 Å². The van der Waals surface area contributed by atoms with E-state index in [9.17, 15) is 38.4 Å². The second-order valence-electron chi connectivity index (χ2n) is 24.2. The number of ether oxygens (including phenoxy) is 6. The molecule has 6 rings (SSSR count). The second-order valence-corrected chi connectivity index (χ2v) is 24.2. The highest BCUT2D eigenvalue weighted by atomic mass is 19.1. The zero-order valence-electron chi connectivity index (χ0n) is 53.2. The van der Waals surface area contributed by atoms with Crippen molar-refractivity contribution in [2.45, 2.75) is 142 Å². The quantitative estimate of drug-likeness (QED) is 0.107. The van der Waals surface area contributed by atoms with Crippen LogP contribution in [0.5, 0.6) is 17.2 Å². The summed E-state index contributed by atoms with van der Waals surface area (Å²) in [6, 6.07) is 17.9. The highest BCUT2D eigenvalue weighted by Gasteiger charge is 2.43. The summed E-state index contributed by atoms with van der Waals surface area (Å²) >= 11 is 0. The van der Waals surface area contributed by atoms with Gasteiger partial charge in [-0.2, -0.15) is 0 Å².